The molecule has 1 aromatic carbocycles. The predicted molar refractivity (Wildman–Crippen MR) is 91.4 cm³/mol. The molecule has 24 heavy (non-hydrogen) atoms. The molecule has 0 radical (unpaired) electrons. The number of halogens is 1. The standard InChI is InChI=1S/C18H26FN5/c1-5-18(3,4)16-7-6-10-23(16)12-17-20-21-22-24(17)15-11-13(2)8-9-14(15)19/h8-9,11,16H,5-7,10,12H2,1-4H3. The van der Waals surface area contributed by atoms with Gasteiger partial charge < -0.3 is 0 Å². The SMILES string of the molecule is CCC(C)(C)C1CCCN1Cc1nnnn1-c1cc(C)ccc1F. The van der Waals surface area contributed by atoms with Crippen LogP contribution in [0.4, 0.5) is 4.39 Å². The van der Waals surface area contributed by atoms with Crippen LogP contribution in [0.5, 0.6) is 0 Å². The summed E-state index contributed by atoms with van der Waals surface area (Å²) < 4.78 is 15.8. The molecule has 1 aliphatic heterocycles. The van der Waals surface area contributed by atoms with Gasteiger partial charge in [-0.1, -0.05) is 26.8 Å². The maximum absolute atomic E-state index is 14.2. The molecule has 1 saturated heterocycles. The topological polar surface area (TPSA) is 46.8 Å². The summed E-state index contributed by atoms with van der Waals surface area (Å²) in [4.78, 5) is 2.44. The molecule has 1 atom stereocenters. The van der Waals surface area contributed by atoms with Crippen LogP contribution in [0.1, 0.15) is 51.4 Å². The highest BCUT2D eigenvalue weighted by Crippen LogP contribution is 2.36. The van der Waals surface area contributed by atoms with Gasteiger partial charge in [0, 0.05) is 6.04 Å². The van der Waals surface area contributed by atoms with Crippen molar-refractivity contribution in [3.63, 3.8) is 0 Å². The summed E-state index contributed by atoms with van der Waals surface area (Å²) in [5.41, 5.74) is 1.66. The van der Waals surface area contributed by atoms with E-state index < -0.39 is 0 Å². The van der Waals surface area contributed by atoms with E-state index in [-0.39, 0.29) is 11.2 Å². The average molecular weight is 331 g/mol. The second-order valence-corrected chi connectivity index (χ2v) is 7.43. The van der Waals surface area contributed by atoms with Crippen molar-refractivity contribution in [3.05, 3.63) is 35.4 Å². The molecule has 0 amide bonds. The Labute approximate surface area is 142 Å². The minimum Gasteiger partial charge on any atom is -0.292 e. The lowest BCUT2D eigenvalue weighted by atomic mass is 9.80. The Hall–Kier alpha value is -1.82. The average Bonchev–Trinajstić information content (AvgIpc) is 3.20. The molecular formula is C18H26FN5. The van der Waals surface area contributed by atoms with Gasteiger partial charge in [-0.25, -0.2) is 4.39 Å². The second kappa shape index (κ2) is 6.59. The first kappa shape index (κ1) is 17.0. The largest absolute Gasteiger partial charge is 0.292 e. The molecular weight excluding hydrogens is 305 g/mol. The molecule has 1 unspecified atom stereocenters. The lowest BCUT2D eigenvalue weighted by molar-refractivity contribution is 0.112. The molecule has 1 aliphatic rings. The normalized spacial score (nSPS) is 19.1. The lowest BCUT2D eigenvalue weighted by Gasteiger charge is -2.37. The molecule has 1 aromatic heterocycles. The van der Waals surface area contributed by atoms with Crippen LogP contribution in [-0.2, 0) is 6.54 Å². The molecule has 0 saturated carbocycles. The monoisotopic (exact) mass is 331 g/mol. The third kappa shape index (κ3) is 3.20. The van der Waals surface area contributed by atoms with Gasteiger partial charge in [0.2, 0.25) is 0 Å². The van der Waals surface area contributed by atoms with Crippen molar-refractivity contribution in [2.45, 2.75) is 59.5 Å². The summed E-state index contributed by atoms with van der Waals surface area (Å²) in [5, 5.41) is 12.0. The van der Waals surface area contributed by atoms with Gasteiger partial charge in [0.25, 0.3) is 0 Å². The van der Waals surface area contributed by atoms with Crippen molar-refractivity contribution in [2.75, 3.05) is 6.54 Å². The molecule has 130 valence electrons. The van der Waals surface area contributed by atoms with Gasteiger partial charge in [-0.15, -0.1) is 5.10 Å². The fraction of sp³-hybridized carbons (Fsp3) is 0.611. The molecule has 3 rings (SSSR count). The Kier molecular flexibility index (Phi) is 4.67. The van der Waals surface area contributed by atoms with Crippen molar-refractivity contribution < 1.29 is 4.39 Å². The highest BCUT2D eigenvalue weighted by molar-refractivity contribution is 5.36. The van der Waals surface area contributed by atoms with Crippen LogP contribution >= 0.6 is 0 Å². The van der Waals surface area contributed by atoms with Gasteiger partial charge >= 0.3 is 0 Å². The Morgan fingerprint density at radius 3 is 2.88 bits per heavy atom. The van der Waals surface area contributed by atoms with Crippen molar-refractivity contribution in [1.82, 2.24) is 25.1 Å². The number of aryl methyl sites for hydroxylation is 1. The molecule has 0 spiro atoms. The Morgan fingerprint density at radius 1 is 1.33 bits per heavy atom. The zero-order chi connectivity index (χ0) is 17.3. The molecule has 2 heterocycles. The van der Waals surface area contributed by atoms with Crippen molar-refractivity contribution in [1.29, 1.82) is 0 Å². The van der Waals surface area contributed by atoms with E-state index in [9.17, 15) is 4.39 Å². The molecule has 0 aliphatic carbocycles. The van der Waals surface area contributed by atoms with Gasteiger partial charge in [-0.05, 0) is 66.3 Å². The fourth-order valence-corrected chi connectivity index (χ4v) is 3.59. The van der Waals surface area contributed by atoms with Crippen molar-refractivity contribution in [3.8, 4) is 5.69 Å². The second-order valence-electron chi connectivity index (χ2n) is 7.43. The summed E-state index contributed by atoms with van der Waals surface area (Å²) >= 11 is 0. The van der Waals surface area contributed by atoms with Crippen LogP contribution in [0.25, 0.3) is 5.69 Å². The van der Waals surface area contributed by atoms with Gasteiger partial charge in [0.05, 0.1) is 6.54 Å². The number of benzene rings is 1. The zero-order valence-electron chi connectivity index (χ0n) is 15.0. The van der Waals surface area contributed by atoms with E-state index >= 15 is 0 Å². The number of likely N-dealkylation sites (tertiary alicyclic amines) is 1. The molecule has 5 nitrogen and oxygen atoms in total. The summed E-state index contributed by atoms with van der Waals surface area (Å²) in [6, 6.07) is 5.51. The summed E-state index contributed by atoms with van der Waals surface area (Å²) in [5.74, 6) is 0.388. The van der Waals surface area contributed by atoms with Crippen LogP contribution in [0.3, 0.4) is 0 Å². The predicted octanol–water partition coefficient (Wildman–Crippen LogP) is 3.51. The first-order valence-electron chi connectivity index (χ1n) is 8.70. The van der Waals surface area contributed by atoms with E-state index in [1.54, 1.807) is 12.1 Å². The molecule has 0 bridgehead atoms. The van der Waals surface area contributed by atoms with E-state index in [1.165, 1.54) is 23.6 Å². The van der Waals surface area contributed by atoms with E-state index in [2.05, 4.69) is 41.2 Å². The molecule has 2 aromatic rings. The third-order valence-electron chi connectivity index (χ3n) is 5.39. The van der Waals surface area contributed by atoms with Gasteiger partial charge in [0.15, 0.2) is 5.82 Å². The van der Waals surface area contributed by atoms with Crippen molar-refractivity contribution in [2.24, 2.45) is 5.41 Å². The van der Waals surface area contributed by atoms with Crippen LogP contribution < -0.4 is 0 Å². The minimum absolute atomic E-state index is 0.253. The van der Waals surface area contributed by atoms with E-state index in [1.807, 2.05) is 6.92 Å². The smallest absolute Gasteiger partial charge is 0.170 e. The Bertz CT molecular complexity index is 709. The van der Waals surface area contributed by atoms with Crippen LogP contribution in [-0.4, -0.2) is 37.7 Å². The van der Waals surface area contributed by atoms with E-state index in [0.717, 1.165) is 18.5 Å². The molecule has 6 heteroatoms. The highest BCUT2D eigenvalue weighted by Gasteiger charge is 2.36. The Morgan fingerprint density at radius 2 is 2.12 bits per heavy atom. The maximum atomic E-state index is 14.2. The molecule has 0 N–H and O–H groups in total. The number of rotatable bonds is 5. The van der Waals surface area contributed by atoms with Crippen LogP contribution in [0.15, 0.2) is 18.2 Å². The van der Waals surface area contributed by atoms with Crippen LogP contribution in [0, 0.1) is 18.2 Å². The summed E-state index contributed by atoms with van der Waals surface area (Å²) in [6.07, 6.45) is 3.52. The van der Waals surface area contributed by atoms with E-state index in [0.29, 0.717) is 24.1 Å². The molecule has 1 fully saturated rings. The summed E-state index contributed by atoms with van der Waals surface area (Å²) in [6.45, 7) is 10.5. The Balaban J connectivity index is 1.87. The van der Waals surface area contributed by atoms with Crippen molar-refractivity contribution >= 4 is 0 Å². The zero-order valence-corrected chi connectivity index (χ0v) is 15.0. The maximum Gasteiger partial charge on any atom is 0.170 e. The van der Waals surface area contributed by atoms with Gasteiger partial charge in [0.1, 0.15) is 11.5 Å². The minimum atomic E-state index is -0.305. The van der Waals surface area contributed by atoms with Gasteiger partial charge in [-0.2, -0.15) is 4.68 Å². The summed E-state index contributed by atoms with van der Waals surface area (Å²) in [7, 11) is 0. The lowest BCUT2D eigenvalue weighted by Crippen LogP contribution is -2.40. The number of hydrogen-bond donors (Lipinski definition) is 0. The highest BCUT2D eigenvalue weighted by atomic mass is 19.1. The van der Waals surface area contributed by atoms with Gasteiger partial charge in [-0.3, -0.25) is 4.90 Å². The number of hydrogen-bond acceptors (Lipinski definition) is 4. The number of aromatic nitrogens is 4. The first-order chi connectivity index (χ1) is 11.4. The third-order valence-corrected chi connectivity index (χ3v) is 5.39. The van der Waals surface area contributed by atoms with E-state index in [4.69, 9.17) is 0 Å². The van der Waals surface area contributed by atoms with Crippen LogP contribution in [0.2, 0.25) is 0 Å². The number of tetrazole rings is 1. The quantitative estimate of drug-likeness (QED) is 0.841. The first-order valence-corrected chi connectivity index (χ1v) is 8.70. The number of nitrogens with zero attached hydrogens (tertiary/aromatic N) is 5. The fourth-order valence-electron chi connectivity index (χ4n) is 3.59.